The second kappa shape index (κ2) is 4.60. The normalized spacial score (nSPS) is 19.0. The molecule has 0 bridgehead atoms. The maximum atomic E-state index is 4.95. The molecule has 0 saturated heterocycles. The SMILES string of the molecule is Cc1cccc2c1N1C(=NN(C(C)C)[C@H]1C)c1ccccc1-2. The molecule has 0 saturated carbocycles. The van der Waals surface area contributed by atoms with Gasteiger partial charge in [0.25, 0.3) is 0 Å². The van der Waals surface area contributed by atoms with Crippen molar-refractivity contribution in [3.8, 4) is 11.1 Å². The average Bonchev–Trinajstić information content (AvgIpc) is 2.86. The molecule has 2 aromatic rings. The number of hydrogen-bond donors (Lipinski definition) is 0. The summed E-state index contributed by atoms with van der Waals surface area (Å²) in [6.45, 7) is 8.82. The lowest BCUT2D eigenvalue weighted by Gasteiger charge is -2.36. The Hall–Kier alpha value is -2.29. The second-order valence-electron chi connectivity index (χ2n) is 6.42. The zero-order valence-electron chi connectivity index (χ0n) is 13.5. The van der Waals surface area contributed by atoms with Gasteiger partial charge in [0, 0.05) is 17.2 Å². The molecule has 4 rings (SSSR count). The first-order valence-electron chi connectivity index (χ1n) is 7.95. The lowest BCUT2D eigenvalue weighted by Crippen LogP contribution is -2.44. The predicted molar refractivity (Wildman–Crippen MR) is 92.1 cm³/mol. The van der Waals surface area contributed by atoms with E-state index in [1.54, 1.807) is 0 Å². The van der Waals surface area contributed by atoms with E-state index in [1.165, 1.54) is 27.9 Å². The summed E-state index contributed by atoms with van der Waals surface area (Å²) >= 11 is 0. The van der Waals surface area contributed by atoms with E-state index in [9.17, 15) is 0 Å². The molecular formula is C19H21N3. The van der Waals surface area contributed by atoms with Crippen molar-refractivity contribution in [1.82, 2.24) is 5.01 Å². The molecule has 112 valence electrons. The first-order valence-corrected chi connectivity index (χ1v) is 7.95. The van der Waals surface area contributed by atoms with Gasteiger partial charge in [0.15, 0.2) is 5.84 Å². The molecule has 2 aliphatic heterocycles. The molecule has 2 aromatic carbocycles. The van der Waals surface area contributed by atoms with Crippen LogP contribution in [0.25, 0.3) is 11.1 Å². The van der Waals surface area contributed by atoms with Gasteiger partial charge >= 0.3 is 0 Å². The van der Waals surface area contributed by atoms with E-state index >= 15 is 0 Å². The van der Waals surface area contributed by atoms with Crippen molar-refractivity contribution in [2.24, 2.45) is 5.10 Å². The number of para-hydroxylation sites is 1. The third-order valence-corrected chi connectivity index (χ3v) is 4.66. The van der Waals surface area contributed by atoms with Crippen molar-refractivity contribution in [2.45, 2.75) is 39.9 Å². The smallest absolute Gasteiger partial charge is 0.162 e. The van der Waals surface area contributed by atoms with Crippen molar-refractivity contribution in [1.29, 1.82) is 0 Å². The monoisotopic (exact) mass is 291 g/mol. The number of amidine groups is 1. The van der Waals surface area contributed by atoms with E-state index in [2.05, 4.69) is 80.1 Å². The molecule has 0 amide bonds. The van der Waals surface area contributed by atoms with E-state index in [0.717, 1.165) is 5.84 Å². The number of hydrazone groups is 1. The van der Waals surface area contributed by atoms with Gasteiger partial charge in [-0.1, -0.05) is 42.5 Å². The Bertz CT molecular complexity index is 776. The van der Waals surface area contributed by atoms with Crippen LogP contribution in [-0.2, 0) is 0 Å². The zero-order valence-corrected chi connectivity index (χ0v) is 13.5. The maximum Gasteiger partial charge on any atom is 0.162 e. The second-order valence-corrected chi connectivity index (χ2v) is 6.42. The van der Waals surface area contributed by atoms with Crippen LogP contribution >= 0.6 is 0 Å². The first-order chi connectivity index (χ1) is 10.6. The number of hydrogen-bond acceptors (Lipinski definition) is 3. The Morgan fingerprint density at radius 3 is 2.36 bits per heavy atom. The molecular weight excluding hydrogens is 270 g/mol. The van der Waals surface area contributed by atoms with Gasteiger partial charge in [0.05, 0.1) is 5.69 Å². The van der Waals surface area contributed by atoms with Crippen LogP contribution in [0.1, 0.15) is 31.9 Å². The largest absolute Gasteiger partial charge is 0.301 e. The molecule has 22 heavy (non-hydrogen) atoms. The summed E-state index contributed by atoms with van der Waals surface area (Å²) in [5, 5.41) is 7.15. The van der Waals surface area contributed by atoms with Crippen molar-refractivity contribution >= 4 is 11.5 Å². The van der Waals surface area contributed by atoms with Gasteiger partial charge in [-0.3, -0.25) is 5.01 Å². The Morgan fingerprint density at radius 2 is 1.64 bits per heavy atom. The van der Waals surface area contributed by atoms with Crippen LogP contribution in [0.5, 0.6) is 0 Å². The van der Waals surface area contributed by atoms with Crippen molar-refractivity contribution in [3.05, 3.63) is 53.6 Å². The summed E-state index contributed by atoms with van der Waals surface area (Å²) in [6.07, 6.45) is 0.239. The third-order valence-electron chi connectivity index (χ3n) is 4.66. The van der Waals surface area contributed by atoms with Gasteiger partial charge in [0.1, 0.15) is 6.17 Å². The highest BCUT2D eigenvalue weighted by atomic mass is 15.6. The van der Waals surface area contributed by atoms with E-state index in [0.29, 0.717) is 6.04 Å². The molecule has 0 spiro atoms. The summed E-state index contributed by atoms with van der Waals surface area (Å²) in [7, 11) is 0. The van der Waals surface area contributed by atoms with Crippen molar-refractivity contribution in [2.75, 3.05) is 4.90 Å². The van der Waals surface area contributed by atoms with Crippen LogP contribution in [0.15, 0.2) is 47.6 Å². The van der Waals surface area contributed by atoms with Gasteiger partial charge in [-0.25, -0.2) is 0 Å². The number of nitrogens with zero attached hydrogens (tertiary/aromatic N) is 3. The van der Waals surface area contributed by atoms with Gasteiger partial charge in [-0.05, 0) is 38.8 Å². The van der Waals surface area contributed by atoms with E-state index < -0.39 is 0 Å². The molecule has 3 heteroatoms. The standard InChI is InChI=1S/C19H21N3/c1-12(2)22-14(4)21-18-13(3)8-7-11-16(18)15-9-5-6-10-17(15)19(21)20-22/h5-12,14H,1-4H3/t14-/m0/s1. The van der Waals surface area contributed by atoms with E-state index in [1.807, 2.05) is 0 Å². The molecule has 0 aliphatic carbocycles. The molecule has 2 heterocycles. The van der Waals surface area contributed by atoms with Gasteiger partial charge in [0.2, 0.25) is 0 Å². The fourth-order valence-electron chi connectivity index (χ4n) is 3.67. The zero-order chi connectivity index (χ0) is 15.4. The minimum Gasteiger partial charge on any atom is -0.301 e. The van der Waals surface area contributed by atoms with Gasteiger partial charge < -0.3 is 4.90 Å². The minimum atomic E-state index is 0.239. The topological polar surface area (TPSA) is 18.8 Å². The molecule has 0 unspecified atom stereocenters. The highest BCUT2D eigenvalue weighted by Gasteiger charge is 2.39. The Labute approximate surface area is 131 Å². The highest BCUT2D eigenvalue weighted by molar-refractivity contribution is 6.20. The summed E-state index contributed by atoms with van der Waals surface area (Å²) < 4.78 is 0. The van der Waals surface area contributed by atoms with Crippen LogP contribution in [-0.4, -0.2) is 23.1 Å². The highest BCUT2D eigenvalue weighted by Crippen LogP contribution is 2.44. The van der Waals surface area contributed by atoms with Crippen LogP contribution in [0, 0.1) is 6.92 Å². The van der Waals surface area contributed by atoms with Crippen LogP contribution in [0.3, 0.4) is 0 Å². The van der Waals surface area contributed by atoms with Gasteiger partial charge in [-0.2, -0.15) is 5.10 Å². The van der Waals surface area contributed by atoms with E-state index in [-0.39, 0.29) is 6.17 Å². The fraction of sp³-hybridized carbons (Fsp3) is 0.316. The number of benzene rings is 2. The number of rotatable bonds is 1. The third kappa shape index (κ3) is 1.65. The van der Waals surface area contributed by atoms with Crippen LogP contribution < -0.4 is 4.90 Å². The van der Waals surface area contributed by atoms with Crippen molar-refractivity contribution < 1.29 is 0 Å². The van der Waals surface area contributed by atoms with Gasteiger partial charge in [-0.15, -0.1) is 0 Å². The molecule has 0 radical (unpaired) electrons. The maximum absolute atomic E-state index is 4.95. The Kier molecular flexibility index (Phi) is 2.80. The Balaban J connectivity index is 2.03. The number of aryl methyl sites for hydroxylation is 1. The minimum absolute atomic E-state index is 0.239. The molecule has 2 aliphatic rings. The van der Waals surface area contributed by atoms with Crippen LogP contribution in [0.2, 0.25) is 0 Å². The fourth-order valence-corrected chi connectivity index (χ4v) is 3.67. The Morgan fingerprint density at radius 1 is 0.955 bits per heavy atom. The predicted octanol–water partition coefficient (Wildman–Crippen LogP) is 4.21. The molecule has 0 fully saturated rings. The molecule has 0 N–H and O–H groups in total. The first kappa shape index (κ1) is 13.4. The average molecular weight is 291 g/mol. The lowest BCUT2D eigenvalue weighted by molar-refractivity contribution is 0.196. The summed E-state index contributed by atoms with van der Waals surface area (Å²) in [5.41, 5.74) is 6.43. The quantitative estimate of drug-likeness (QED) is 0.783. The summed E-state index contributed by atoms with van der Waals surface area (Å²) in [5.74, 6) is 1.08. The van der Waals surface area contributed by atoms with Crippen LogP contribution in [0.4, 0.5) is 5.69 Å². The number of anilines is 1. The number of fused-ring (bicyclic) bond motifs is 6. The van der Waals surface area contributed by atoms with E-state index in [4.69, 9.17) is 5.10 Å². The molecule has 1 atom stereocenters. The van der Waals surface area contributed by atoms with Crippen molar-refractivity contribution in [3.63, 3.8) is 0 Å². The summed E-state index contributed by atoms with van der Waals surface area (Å²) in [6, 6.07) is 15.5. The summed E-state index contributed by atoms with van der Waals surface area (Å²) in [4.78, 5) is 2.40. The lowest BCUT2D eigenvalue weighted by atomic mass is 9.90. The molecule has 3 nitrogen and oxygen atoms in total. The molecule has 0 aromatic heterocycles.